The lowest BCUT2D eigenvalue weighted by Gasteiger charge is -2.11. The van der Waals surface area contributed by atoms with E-state index in [1.807, 2.05) is 0 Å². The number of methoxy groups -OCH3 is 1. The third kappa shape index (κ3) is 3.73. The molecule has 0 aliphatic carbocycles. The summed E-state index contributed by atoms with van der Waals surface area (Å²) in [6.07, 6.45) is 0. The van der Waals surface area contributed by atoms with Crippen molar-refractivity contribution in [2.24, 2.45) is 0 Å². The van der Waals surface area contributed by atoms with E-state index in [4.69, 9.17) is 21.1 Å². The van der Waals surface area contributed by atoms with E-state index in [2.05, 4.69) is 0 Å². The van der Waals surface area contributed by atoms with Crippen molar-refractivity contribution in [3.8, 4) is 11.5 Å². The molecule has 110 valence electrons. The van der Waals surface area contributed by atoms with Crippen LogP contribution < -0.4 is 9.47 Å². The van der Waals surface area contributed by atoms with E-state index in [9.17, 15) is 9.18 Å². The van der Waals surface area contributed by atoms with E-state index in [0.29, 0.717) is 21.9 Å². The van der Waals surface area contributed by atoms with Gasteiger partial charge in [0.05, 0.1) is 12.7 Å². The molecule has 2 aromatic carbocycles. The Morgan fingerprint density at radius 1 is 1.19 bits per heavy atom. The zero-order valence-electron chi connectivity index (χ0n) is 11.7. The SMILES string of the molecule is COc1ccc(COc2ccc(Cl)cc2C(C)=O)cc1F. The predicted molar refractivity (Wildman–Crippen MR) is 78.7 cm³/mol. The van der Waals surface area contributed by atoms with Gasteiger partial charge in [-0.2, -0.15) is 0 Å². The van der Waals surface area contributed by atoms with E-state index >= 15 is 0 Å². The number of carbonyl (C=O) groups is 1. The minimum absolute atomic E-state index is 0.142. The summed E-state index contributed by atoms with van der Waals surface area (Å²) < 4.78 is 24.0. The largest absolute Gasteiger partial charge is 0.494 e. The Bertz CT molecular complexity index is 671. The lowest BCUT2D eigenvalue weighted by atomic mass is 10.1. The maximum Gasteiger partial charge on any atom is 0.165 e. The first kappa shape index (κ1) is 15.3. The van der Waals surface area contributed by atoms with Gasteiger partial charge >= 0.3 is 0 Å². The minimum atomic E-state index is -0.457. The van der Waals surface area contributed by atoms with Crippen LogP contribution in [-0.2, 0) is 6.61 Å². The van der Waals surface area contributed by atoms with Crippen molar-refractivity contribution in [3.05, 3.63) is 58.4 Å². The third-order valence-corrected chi connectivity index (χ3v) is 3.17. The van der Waals surface area contributed by atoms with Crippen LogP contribution in [0.5, 0.6) is 11.5 Å². The number of carbonyl (C=O) groups excluding carboxylic acids is 1. The fourth-order valence-electron chi connectivity index (χ4n) is 1.86. The Morgan fingerprint density at radius 2 is 1.90 bits per heavy atom. The first-order valence-corrected chi connectivity index (χ1v) is 6.64. The molecule has 0 bridgehead atoms. The summed E-state index contributed by atoms with van der Waals surface area (Å²) >= 11 is 5.86. The molecule has 0 aromatic heterocycles. The molecule has 2 rings (SSSR count). The van der Waals surface area contributed by atoms with Crippen LogP contribution in [0.1, 0.15) is 22.8 Å². The molecule has 21 heavy (non-hydrogen) atoms. The van der Waals surface area contributed by atoms with Crippen molar-refractivity contribution in [1.82, 2.24) is 0 Å². The zero-order valence-corrected chi connectivity index (χ0v) is 12.4. The average Bonchev–Trinajstić information content (AvgIpc) is 2.46. The van der Waals surface area contributed by atoms with Crippen molar-refractivity contribution in [3.63, 3.8) is 0 Å². The van der Waals surface area contributed by atoms with E-state index in [-0.39, 0.29) is 18.1 Å². The molecule has 0 unspecified atom stereocenters. The molecule has 0 N–H and O–H groups in total. The summed E-state index contributed by atoms with van der Waals surface area (Å²) in [5.74, 6) is -0.00676. The molecular formula is C16H14ClFO3. The molecule has 0 radical (unpaired) electrons. The Labute approximate surface area is 127 Å². The topological polar surface area (TPSA) is 35.5 Å². The smallest absolute Gasteiger partial charge is 0.165 e. The van der Waals surface area contributed by atoms with Crippen LogP contribution >= 0.6 is 11.6 Å². The summed E-state index contributed by atoms with van der Waals surface area (Å²) in [5.41, 5.74) is 1.04. The maximum absolute atomic E-state index is 13.6. The first-order chi connectivity index (χ1) is 10.0. The maximum atomic E-state index is 13.6. The van der Waals surface area contributed by atoms with Gasteiger partial charge in [0.25, 0.3) is 0 Å². The van der Waals surface area contributed by atoms with Gasteiger partial charge in [-0.05, 0) is 42.8 Å². The second-order valence-corrected chi connectivity index (χ2v) is 4.89. The van der Waals surface area contributed by atoms with E-state index in [1.165, 1.54) is 26.2 Å². The van der Waals surface area contributed by atoms with Gasteiger partial charge in [0.1, 0.15) is 12.4 Å². The molecular weight excluding hydrogens is 295 g/mol. The Morgan fingerprint density at radius 3 is 2.52 bits per heavy atom. The van der Waals surface area contributed by atoms with E-state index < -0.39 is 5.82 Å². The van der Waals surface area contributed by atoms with Gasteiger partial charge in [-0.1, -0.05) is 17.7 Å². The summed E-state index contributed by atoms with van der Waals surface area (Å²) in [7, 11) is 1.40. The molecule has 3 nitrogen and oxygen atoms in total. The van der Waals surface area contributed by atoms with E-state index in [1.54, 1.807) is 24.3 Å². The standard InChI is InChI=1S/C16H14ClFO3/c1-10(19)13-8-12(17)4-6-15(13)21-9-11-3-5-16(20-2)14(18)7-11/h3-8H,9H2,1-2H3. The number of ether oxygens (including phenoxy) is 2. The molecule has 0 saturated heterocycles. The molecule has 0 fully saturated rings. The van der Waals surface area contributed by atoms with Gasteiger partial charge in [0.2, 0.25) is 0 Å². The summed E-state index contributed by atoms with van der Waals surface area (Å²) in [6.45, 7) is 1.58. The Kier molecular flexibility index (Phi) is 4.81. The molecule has 0 aliphatic rings. The van der Waals surface area contributed by atoms with Crippen molar-refractivity contribution in [2.75, 3.05) is 7.11 Å². The molecule has 0 spiro atoms. The van der Waals surface area contributed by atoms with Gasteiger partial charge in [0.15, 0.2) is 17.3 Å². The summed E-state index contributed by atoms with van der Waals surface area (Å²) in [5, 5.41) is 0.461. The lowest BCUT2D eigenvalue weighted by Crippen LogP contribution is -2.02. The molecule has 0 aliphatic heterocycles. The second-order valence-electron chi connectivity index (χ2n) is 4.45. The van der Waals surface area contributed by atoms with Crippen LogP contribution in [0, 0.1) is 5.82 Å². The number of hydrogen-bond donors (Lipinski definition) is 0. The Hall–Kier alpha value is -2.07. The molecule has 0 saturated carbocycles. The van der Waals surface area contributed by atoms with Crippen LogP contribution in [0.15, 0.2) is 36.4 Å². The van der Waals surface area contributed by atoms with Crippen LogP contribution in [0.3, 0.4) is 0 Å². The van der Waals surface area contributed by atoms with Crippen molar-refractivity contribution < 1.29 is 18.7 Å². The van der Waals surface area contributed by atoms with Crippen LogP contribution in [0.25, 0.3) is 0 Å². The van der Waals surface area contributed by atoms with Gasteiger partial charge in [0, 0.05) is 5.02 Å². The second kappa shape index (κ2) is 6.59. The number of Topliss-reactive ketones (excluding diaryl/α,β-unsaturated/α-hetero) is 1. The van der Waals surface area contributed by atoms with Crippen molar-refractivity contribution >= 4 is 17.4 Å². The van der Waals surface area contributed by atoms with Gasteiger partial charge in [-0.25, -0.2) is 4.39 Å². The highest BCUT2D eigenvalue weighted by atomic mass is 35.5. The number of hydrogen-bond acceptors (Lipinski definition) is 3. The number of ketones is 1. The van der Waals surface area contributed by atoms with E-state index in [0.717, 1.165) is 0 Å². The van der Waals surface area contributed by atoms with Gasteiger partial charge in [-0.15, -0.1) is 0 Å². The number of rotatable bonds is 5. The quantitative estimate of drug-likeness (QED) is 0.774. The van der Waals surface area contributed by atoms with Gasteiger partial charge < -0.3 is 9.47 Å². The summed E-state index contributed by atoms with van der Waals surface area (Å²) in [4.78, 5) is 11.6. The van der Waals surface area contributed by atoms with Gasteiger partial charge in [-0.3, -0.25) is 4.79 Å². The van der Waals surface area contributed by atoms with Crippen LogP contribution in [0.2, 0.25) is 5.02 Å². The summed E-state index contributed by atoms with van der Waals surface area (Å²) in [6, 6.07) is 9.37. The molecule has 0 amide bonds. The molecule has 0 atom stereocenters. The monoisotopic (exact) mass is 308 g/mol. The average molecular weight is 309 g/mol. The van der Waals surface area contributed by atoms with Crippen LogP contribution in [0.4, 0.5) is 4.39 Å². The first-order valence-electron chi connectivity index (χ1n) is 6.27. The van der Waals surface area contributed by atoms with Crippen molar-refractivity contribution in [2.45, 2.75) is 13.5 Å². The normalized spacial score (nSPS) is 10.3. The zero-order chi connectivity index (χ0) is 15.4. The molecule has 0 heterocycles. The highest BCUT2D eigenvalue weighted by molar-refractivity contribution is 6.31. The highest BCUT2D eigenvalue weighted by Gasteiger charge is 2.10. The minimum Gasteiger partial charge on any atom is -0.494 e. The third-order valence-electron chi connectivity index (χ3n) is 2.93. The molecule has 2 aromatic rings. The number of benzene rings is 2. The van der Waals surface area contributed by atoms with Crippen LogP contribution in [-0.4, -0.2) is 12.9 Å². The highest BCUT2D eigenvalue weighted by Crippen LogP contribution is 2.25. The Balaban J connectivity index is 2.16. The lowest BCUT2D eigenvalue weighted by molar-refractivity contribution is 0.101. The van der Waals surface area contributed by atoms with Crippen molar-refractivity contribution in [1.29, 1.82) is 0 Å². The fourth-order valence-corrected chi connectivity index (χ4v) is 2.04. The molecule has 5 heteroatoms. The fraction of sp³-hybridized carbons (Fsp3) is 0.188. The number of halogens is 2. The predicted octanol–water partition coefficient (Wildman–Crippen LogP) is 4.27.